The number of methoxy groups -OCH3 is 1. The van der Waals surface area contributed by atoms with Crippen LogP contribution in [-0.4, -0.2) is 29.3 Å². The first-order chi connectivity index (χ1) is 8.69. The van der Waals surface area contributed by atoms with Crippen LogP contribution in [0.5, 0.6) is 5.75 Å². The standard InChI is InChI=1S/C11H13BN2O3S.ClH/c1-17-9-4-2-8(3-5-9)6-13-11-14-10(7-18-11)12(15)16;/h2-5,7,15-16H,6H2,1H3,(H,13,14);1H. The maximum Gasteiger partial charge on any atom is 0.509 e. The molecule has 0 unspecified atom stereocenters. The van der Waals surface area contributed by atoms with Crippen LogP contribution >= 0.6 is 23.7 Å². The lowest BCUT2D eigenvalue weighted by Crippen LogP contribution is -2.30. The third-order valence-corrected chi connectivity index (χ3v) is 3.21. The van der Waals surface area contributed by atoms with E-state index in [0.29, 0.717) is 11.7 Å². The van der Waals surface area contributed by atoms with Crippen molar-refractivity contribution >= 4 is 41.6 Å². The first-order valence-corrected chi connectivity index (χ1v) is 6.25. The van der Waals surface area contributed by atoms with Crippen LogP contribution in [0, 0.1) is 0 Å². The summed E-state index contributed by atoms with van der Waals surface area (Å²) < 4.78 is 5.08. The molecule has 1 heterocycles. The Labute approximate surface area is 121 Å². The lowest BCUT2D eigenvalue weighted by Gasteiger charge is -2.04. The molecule has 2 rings (SSSR count). The van der Waals surface area contributed by atoms with Gasteiger partial charge in [0.15, 0.2) is 5.13 Å². The largest absolute Gasteiger partial charge is 0.509 e. The Morgan fingerprint density at radius 3 is 2.53 bits per heavy atom. The lowest BCUT2D eigenvalue weighted by atomic mass is 9.88. The van der Waals surface area contributed by atoms with Crippen molar-refractivity contribution < 1.29 is 14.8 Å². The van der Waals surface area contributed by atoms with Crippen LogP contribution in [0.4, 0.5) is 5.13 Å². The van der Waals surface area contributed by atoms with Crippen molar-refractivity contribution in [2.45, 2.75) is 6.54 Å². The minimum absolute atomic E-state index is 0. The van der Waals surface area contributed by atoms with E-state index in [1.54, 1.807) is 12.5 Å². The number of nitrogens with one attached hydrogen (secondary N) is 1. The molecule has 0 spiro atoms. The summed E-state index contributed by atoms with van der Waals surface area (Å²) in [7, 11) is 0.114. The summed E-state index contributed by atoms with van der Waals surface area (Å²) in [5.41, 5.74) is 1.36. The predicted octanol–water partition coefficient (Wildman–Crippen LogP) is 0.865. The number of rotatable bonds is 5. The van der Waals surface area contributed by atoms with Gasteiger partial charge in [0.05, 0.1) is 12.7 Å². The quantitative estimate of drug-likeness (QED) is 0.714. The zero-order chi connectivity index (χ0) is 13.0. The predicted molar refractivity (Wildman–Crippen MR) is 79.5 cm³/mol. The Hall–Kier alpha value is -1.28. The molecular formula is C11H14BClN2O3S. The molecule has 0 amide bonds. The summed E-state index contributed by atoms with van der Waals surface area (Å²) in [6.07, 6.45) is 0. The molecule has 0 aliphatic rings. The van der Waals surface area contributed by atoms with Crippen LogP contribution in [0.3, 0.4) is 0 Å². The fourth-order valence-electron chi connectivity index (χ4n) is 1.41. The second kappa shape index (κ2) is 7.35. The highest BCUT2D eigenvalue weighted by atomic mass is 35.5. The Balaban J connectivity index is 0.00000180. The number of nitrogens with zero attached hydrogens (tertiary/aromatic N) is 1. The number of aromatic nitrogens is 1. The zero-order valence-electron chi connectivity index (χ0n) is 10.2. The van der Waals surface area contributed by atoms with Crippen LogP contribution in [0.15, 0.2) is 29.6 Å². The Morgan fingerprint density at radius 2 is 2.00 bits per heavy atom. The molecule has 5 nitrogen and oxygen atoms in total. The van der Waals surface area contributed by atoms with E-state index in [1.165, 1.54) is 11.3 Å². The SMILES string of the molecule is COc1ccc(CNc2nc(B(O)O)cs2)cc1.Cl. The summed E-state index contributed by atoms with van der Waals surface area (Å²) >= 11 is 1.34. The average molecular weight is 301 g/mol. The highest BCUT2D eigenvalue weighted by Gasteiger charge is 2.14. The van der Waals surface area contributed by atoms with E-state index in [-0.39, 0.29) is 18.0 Å². The van der Waals surface area contributed by atoms with E-state index in [0.717, 1.165) is 11.3 Å². The van der Waals surface area contributed by atoms with Crippen LogP contribution in [0.25, 0.3) is 0 Å². The molecule has 102 valence electrons. The molecule has 8 heteroatoms. The molecule has 0 bridgehead atoms. The second-order valence-corrected chi connectivity index (χ2v) is 4.51. The van der Waals surface area contributed by atoms with Crippen LogP contribution in [0.1, 0.15) is 5.56 Å². The zero-order valence-corrected chi connectivity index (χ0v) is 11.9. The van der Waals surface area contributed by atoms with Gasteiger partial charge in [-0.3, -0.25) is 0 Å². The van der Waals surface area contributed by atoms with Crippen LogP contribution in [-0.2, 0) is 6.54 Å². The van der Waals surface area contributed by atoms with Gasteiger partial charge in [-0.1, -0.05) is 12.1 Å². The van der Waals surface area contributed by atoms with Gasteiger partial charge in [-0.15, -0.1) is 23.7 Å². The van der Waals surface area contributed by atoms with Crippen molar-refractivity contribution in [3.8, 4) is 5.75 Å². The molecule has 1 aromatic heterocycles. The van der Waals surface area contributed by atoms with E-state index in [9.17, 15) is 0 Å². The fraction of sp³-hybridized carbons (Fsp3) is 0.182. The molecule has 0 atom stereocenters. The third-order valence-electron chi connectivity index (χ3n) is 2.39. The van der Waals surface area contributed by atoms with Crippen molar-refractivity contribution in [2.75, 3.05) is 12.4 Å². The third kappa shape index (κ3) is 4.39. The molecule has 0 radical (unpaired) electrons. The molecule has 0 aliphatic heterocycles. The monoisotopic (exact) mass is 300 g/mol. The number of benzene rings is 1. The van der Waals surface area contributed by atoms with Crippen molar-refractivity contribution in [2.24, 2.45) is 0 Å². The summed E-state index contributed by atoms with van der Waals surface area (Å²) in [5, 5.41) is 23.3. The number of ether oxygens (including phenoxy) is 1. The van der Waals surface area contributed by atoms with E-state index >= 15 is 0 Å². The van der Waals surface area contributed by atoms with Gasteiger partial charge in [0.25, 0.3) is 0 Å². The van der Waals surface area contributed by atoms with E-state index < -0.39 is 7.12 Å². The summed E-state index contributed by atoms with van der Waals surface area (Å²) in [6, 6.07) is 7.70. The molecule has 0 saturated carbocycles. The minimum atomic E-state index is -1.52. The van der Waals surface area contributed by atoms with Gasteiger partial charge < -0.3 is 20.1 Å². The summed E-state index contributed by atoms with van der Waals surface area (Å²) in [6.45, 7) is 0.623. The molecule has 3 N–H and O–H groups in total. The van der Waals surface area contributed by atoms with Gasteiger partial charge in [0.1, 0.15) is 5.75 Å². The Bertz CT molecular complexity index is 507. The van der Waals surface area contributed by atoms with Gasteiger partial charge >= 0.3 is 7.12 Å². The molecule has 2 aromatic rings. The summed E-state index contributed by atoms with van der Waals surface area (Å²) in [5.74, 6) is 0.818. The van der Waals surface area contributed by atoms with Gasteiger partial charge in [0, 0.05) is 11.9 Å². The van der Waals surface area contributed by atoms with E-state index in [4.69, 9.17) is 14.8 Å². The van der Waals surface area contributed by atoms with Crippen molar-refractivity contribution in [1.29, 1.82) is 0 Å². The lowest BCUT2D eigenvalue weighted by molar-refractivity contribution is 0.414. The van der Waals surface area contributed by atoms with E-state index in [1.807, 2.05) is 24.3 Å². The number of thiazole rings is 1. The second-order valence-electron chi connectivity index (χ2n) is 3.65. The van der Waals surface area contributed by atoms with Crippen molar-refractivity contribution in [3.63, 3.8) is 0 Å². The minimum Gasteiger partial charge on any atom is -0.497 e. The molecular weight excluding hydrogens is 286 g/mol. The number of halogens is 1. The van der Waals surface area contributed by atoms with E-state index in [2.05, 4.69) is 10.3 Å². The maximum atomic E-state index is 8.94. The number of hydrogen-bond acceptors (Lipinski definition) is 6. The van der Waals surface area contributed by atoms with Gasteiger partial charge in [-0.05, 0) is 17.7 Å². The van der Waals surface area contributed by atoms with Crippen molar-refractivity contribution in [1.82, 2.24) is 4.98 Å². The number of hydrogen-bond donors (Lipinski definition) is 3. The highest BCUT2D eigenvalue weighted by Crippen LogP contribution is 2.14. The molecule has 0 saturated heterocycles. The highest BCUT2D eigenvalue weighted by molar-refractivity contribution is 7.14. The first-order valence-electron chi connectivity index (χ1n) is 5.37. The number of anilines is 1. The van der Waals surface area contributed by atoms with Crippen molar-refractivity contribution in [3.05, 3.63) is 35.2 Å². The molecule has 0 aliphatic carbocycles. The first kappa shape index (κ1) is 15.8. The van der Waals surface area contributed by atoms with Gasteiger partial charge in [-0.25, -0.2) is 4.98 Å². The van der Waals surface area contributed by atoms with Gasteiger partial charge in [0.2, 0.25) is 0 Å². The smallest absolute Gasteiger partial charge is 0.497 e. The Morgan fingerprint density at radius 1 is 1.32 bits per heavy atom. The molecule has 19 heavy (non-hydrogen) atoms. The fourth-order valence-corrected chi connectivity index (χ4v) is 2.13. The normalized spacial score (nSPS) is 9.63. The van der Waals surface area contributed by atoms with Gasteiger partial charge in [-0.2, -0.15) is 0 Å². The summed E-state index contributed by atoms with van der Waals surface area (Å²) in [4.78, 5) is 4.04. The van der Waals surface area contributed by atoms with Crippen LogP contribution < -0.4 is 15.6 Å². The average Bonchev–Trinajstić information content (AvgIpc) is 2.86. The molecule has 0 fully saturated rings. The maximum absolute atomic E-state index is 8.94. The topological polar surface area (TPSA) is 74.6 Å². The molecule has 1 aromatic carbocycles. The van der Waals surface area contributed by atoms with Crippen LogP contribution in [0.2, 0.25) is 0 Å². The Kier molecular flexibility index (Phi) is 6.10.